The first-order valence-corrected chi connectivity index (χ1v) is 23.1. The zero-order valence-electron chi connectivity index (χ0n) is 35.2. The van der Waals surface area contributed by atoms with Gasteiger partial charge < -0.3 is 14.2 Å². The minimum absolute atomic E-state index is 0.552. The standard InChI is InChI=1S/C61H38N2OS/c1-3-18-39(19-4-1)62(55-33-16-27-46-44-24-10-14-35-57(44)65-60(46)55)41-36-37-51-48(38-41)42-22-7-11-28-49(42)61(51)50-29-12-8-25-47(50)58-52(61)30-17-31-53(58)63(40-20-5-2-6-21-40)54-32-15-26-45-43-23-9-13-34-56(43)64-59(45)54/h1-38H. The van der Waals surface area contributed by atoms with Gasteiger partial charge in [-0.15, -0.1) is 11.3 Å². The molecule has 2 heterocycles. The van der Waals surface area contributed by atoms with Crippen molar-refractivity contribution < 1.29 is 4.42 Å². The van der Waals surface area contributed by atoms with Gasteiger partial charge in [0.05, 0.1) is 27.2 Å². The Bertz CT molecular complexity index is 3870. The zero-order valence-corrected chi connectivity index (χ0v) is 36.0. The molecule has 0 saturated heterocycles. The van der Waals surface area contributed by atoms with Crippen molar-refractivity contribution in [2.24, 2.45) is 0 Å². The second-order valence-electron chi connectivity index (χ2n) is 17.1. The molecule has 65 heavy (non-hydrogen) atoms. The van der Waals surface area contributed by atoms with Crippen LogP contribution in [0.2, 0.25) is 0 Å². The summed E-state index contributed by atoms with van der Waals surface area (Å²) in [4.78, 5) is 4.87. The fraction of sp³-hybridized carbons (Fsp3) is 0.0164. The van der Waals surface area contributed by atoms with E-state index in [-0.39, 0.29) is 0 Å². The molecule has 304 valence electrons. The summed E-state index contributed by atoms with van der Waals surface area (Å²) in [5.41, 5.74) is 18.0. The number of furan rings is 1. The van der Waals surface area contributed by atoms with E-state index in [0.29, 0.717) is 0 Å². The SMILES string of the molecule is c1ccc(N(c2cccc3c2-c2ccccc2C32c3ccccc3-c3cc(N(c4ccccc4)c4cccc5c4sc4ccccc45)ccc32)c2cccc3c2oc2ccccc23)cc1. The highest BCUT2D eigenvalue weighted by Crippen LogP contribution is 2.65. The third-order valence-corrected chi connectivity index (χ3v) is 15.1. The Morgan fingerprint density at radius 1 is 0.354 bits per heavy atom. The Kier molecular flexibility index (Phi) is 7.77. The van der Waals surface area contributed by atoms with Crippen molar-refractivity contribution in [3.8, 4) is 22.3 Å². The maximum Gasteiger partial charge on any atom is 0.159 e. The van der Waals surface area contributed by atoms with E-state index in [1.54, 1.807) is 0 Å². The predicted molar refractivity (Wildman–Crippen MR) is 272 cm³/mol. The number of hydrogen-bond donors (Lipinski definition) is 0. The van der Waals surface area contributed by atoms with E-state index in [1.807, 2.05) is 17.4 Å². The van der Waals surface area contributed by atoms with Crippen LogP contribution in [0.3, 0.4) is 0 Å². The van der Waals surface area contributed by atoms with Crippen LogP contribution in [0, 0.1) is 0 Å². The normalized spacial score (nSPS) is 14.5. The summed E-state index contributed by atoms with van der Waals surface area (Å²) in [6.45, 7) is 0. The second kappa shape index (κ2) is 13.9. The van der Waals surface area contributed by atoms with Crippen LogP contribution in [-0.2, 0) is 5.41 Å². The van der Waals surface area contributed by atoms with Crippen molar-refractivity contribution in [3.05, 3.63) is 253 Å². The maximum atomic E-state index is 6.77. The van der Waals surface area contributed by atoms with Crippen LogP contribution >= 0.6 is 11.3 Å². The van der Waals surface area contributed by atoms with Crippen molar-refractivity contribution in [2.45, 2.75) is 5.41 Å². The molecule has 10 aromatic carbocycles. The van der Waals surface area contributed by atoms with E-state index in [0.717, 1.165) is 50.4 Å². The molecule has 1 spiro atoms. The highest BCUT2D eigenvalue weighted by atomic mass is 32.1. The average molecular weight is 847 g/mol. The summed E-state index contributed by atoms with van der Waals surface area (Å²) in [6.07, 6.45) is 0. The van der Waals surface area contributed by atoms with Crippen molar-refractivity contribution in [2.75, 3.05) is 9.80 Å². The molecule has 0 fully saturated rings. The smallest absolute Gasteiger partial charge is 0.159 e. The molecule has 14 rings (SSSR count). The highest BCUT2D eigenvalue weighted by Gasteiger charge is 2.52. The van der Waals surface area contributed by atoms with E-state index < -0.39 is 5.41 Å². The Hall–Kier alpha value is -8.18. The molecule has 1 atom stereocenters. The van der Waals surface area contributed by atoms with E-state index in [1.165, 1.54) is 70.4 Å². The van der Waals surface area contributed by atoms with Crippen LogP contribution in [0.5, 0.6) is 0 Å². The summed E-state index contributed by atoms with van der Waals surface area (Å²) in [6, 6.07) is 84.4. The molecule has 0 bridgehead atoms. The van der Waals surface area contributed by atoms with E-state index in [9.17, 15) is 0 Å². The molecule has 0 N–H and O–H groups in total. The lowest BCUT2D eigenvalue weighted by atomic mass is 9.70. The fourth-order valence-corrected chi connectivity index (χ4v) is 12.5. The van der Waals surface area contributed by atoms with E-state index in [4.69, 9.17) is 4.42 Å². The van der Waals surface area contributed by atoms with Crippen molar-refractivity contribution in [1.82, 2.24) is 0 Å². The lowest BCUT2D eigenvalue weighted by molar-refractivity contribution is 0.669. The number of rotatable bonds is 6. The maximum absolute atomic E-state index is 6.77. The third kappa shape index (κ3) is 5.06. The monoisotopic (exact) mass is 846 g/mol. The summed E-state index contributed by atoms with van der Waals surface area (Å²) in [5, 5.41) is 4.80. The van der Waals surface area contributed by atoms with Crippen molar-refractivity contribution in [3.63, 3.8) is 0 Å². The molecule has 2 aliphatic carbocycles. The van der Waals surface area contributed by atoms with Crippen LogP contribution in [0.25, 0.3) is 64.4 Å². The molecule has 4 heteroatoms. The van der Waals surface area contributed by atoms with Crippen LogP contribution < -0.4 is 9.80 Å². The van der Waals surface area contributed by atoms with Crippen LogP contribution in [0.4, 0.5) is 34.1 Å². The minimum Gasteiger partial charge on any atom is -0.454 e. The molecule has 2 aromatic heterocycles. The Morgan fingerprint density at radius 2 is 0.923 bits per heavy atom. The molecule has 3 nitrogen and oxygen atoms in total. The number of benzene rings is 10. The largest absolute Gasteiger partial charge is 0.454 e. The lowest BCUT2D eigenvalue weighted by Gasteiger charge is -2.32. The molecule has 0 saturated carbocycles. The van der Waals surface area contributed by atoms with Crippen LogP contribution in [0.1, 0.15) is 22.3 Å². The molecule has 0 radical (unpaired) electrons. The van der Waals surface area contributed by atoms with Gasteiger partial charge in [0.15, 0.2) is 5.58 Å². The summed E-state index contributed by atoms with van der Waals surface area (Å²) < 4.78 is 9.35. The van der Waals surface area contributed by atoms with Gasteiger partial charge in [-0.25, -0.2) is 0 Å². The molecular weight excluding hydrogens is 809 g/mol. The molecule has 0 aliphatic heterocycles. The number of nitrogens with zero attached hydrogens (tertiary/aromatic N) is 2. The molecule has 12 aromatic rings. The first-order valence-electron chi connectivity index (χ1n) is 22.3. The van der Waals surface area contributed by atoms with Gasteiger partial charge in [-0.3, -0.25) is 0 Å². The third-order valence-electron chi connectivity index (χ3n) is 13.9. The topological polar surface area (TPSA) is 19.6 Å². The first kappa shape index (κ1) is 36.3. The van der Waals surface area contributed by atoms with Gasteiger partial charge in [0.2, 0.25) is 0 Å². The Morgan fingerprint density at radius 3 is 1.74 bits per heavy atom. The summed E-state index contributed by atoms with van der Waals surface area (Å²) in [7, 11) is 0. The van der Waals surface area contributed by atoms with Gasteiger partial charge >= 0.3 is 0 Å². The van der Waals surface area contributed by atoms with Crippen molar-refractivity contribution >= 4 is 87.6 Å². The second-order valence-corrected chi connectivity index (χ2v) is 18.2. The number of hydrogen-bond acceptors (Lipinski definition) is 4. The number of thiophene rings is 1. The van der Waals surface area contributed by atoms with Gasteiger partial charge in [-0.2, -0.15) is 0 Å². The average Bonchev–Trinajstić information content (AvgIpc) is 4.11. The lowest BCUT2D eigenvalue weighted by Crippen LogP contribution is -2.26. The number of anilines is 6. The zero-order chi connectivity index (χ0) is 42.6. The molecule has 0 amide bonds. The van der Waals surface area contributed by atoms with Gasteiger partial charge in [0.1, 0.15) is 5.58 Å². The van der Waals surface area contributed by atoms with Crippen molar-refractivity contribution in [1.29, 1.82) is 0 Å². The quantitative estimate of drug-likeness (QED) is 0.166. The summed E-state index contributed by atoms with van der Waals surface area (Å²) in [5.74, 6) is 0. The summed E-state index contributed by atoms with van der Waals surface area (Å²) >= 11 is 1.87. The molecular formula is C61H38N2OS. The fourth-order valence-electron chi connectivity index (χ4n) is 11.3. The predicted octanol–water partition coefficient (Wildman–Crippen LogP) is 17.2. The Labute approximate surface area is 380 Å². The van der Waals surface area contributed by atoms with Gasteiger partial charge in [0, 0.05) is 48.9 Å². The van der Waals surface area contributed by atoms with Gasteiger partial charge in [0.25, 0.3) is 0 Å². The van der Waals surface area contributed by atoms with E-state index >= 15 is 0 Å². The molecule has 2 aliphatic rings. The molecule has 1 unspecified atom stereocenters. The van der Waals surface area contributed by atoms with Gasteiger partial charge in [-0.05, 0) is 106 Å². The number of fused-ring (bicyclic) bond motifs is 16. The van der Waals surface area contributed by atoms with Crippen LogP contribution in [0.15, 0.2) is 235 Å². The highest BCUT2D eigenvalue weighted by molar-refractivity contribution is 7.26. The Balaban J connectivity index is 1.02. The van der Waals surface area contributed by atoms with E-state index in [2.05, 4.69) is 234 Å². The first-order chi connectivity index (χ1) is 32.3. The van der Waals surface area contributed by atoms with Crippen LogP contribution in [-0.4, -0.2) is 0 Å². The minimum atomic E-state index is -0.552. The number of para-hydroxylation sites is 4. The van der Waals surface area contributed by atoms with Gasteiger partial charge in [-0.1, -0.05) is 164 Å².